The lowest BCUT2D eigenvalue weighted by molar-refractivity contribution is 0.0601. The molecule has 0 aromatic heterocycles. The Labute approximate surface area is 97.6 Å². The third-order valence-corrected chi connectivity index (χ3v) is 2.88. The summed E-state index contributed by atoms with van der Waals surface area (Å²) in [6.45, 7) is 0. The van der Waals surface area contributed by atoms with Crippen molar-refractivity contribution in [3.63, 3.8) is 0 Å². The van der Waals surface area contributed by atoms with E-state index in [4.69, 9.17) is 16.4 Å². The zero-order valence-corrected chi connectivity index (χ0v) is 10.0. The summed E-state index contributed by atoms with van der Waals surface area (Å²) in [6.07, 6.45) is 0. The quantitative estimate of drug-likeness (QED) is 0.502. The van der Waals surface area contributed by atoms with Crippen molar-refractivity contribution in [1.29, 1.82) is 0 Å². The Kier molecular flexibility index (Phi) is 3.77. The molecular weight excluding hydrogens is 254 g/mol. The van der Waals surface area contributed by atoms with Crippen LogP contribution >= 0.6 is 10.7 Å². The average molecular weight is 264 g/mol. The molecule has 0 radical (unpaired) electrons. The van der Waals surface area contributed by atoms with Gasteiger partial charge in [0.1, 0.15) is 0 Å². The summed E-state index contributed by atoms with van der Waals surface area (Å²) in [5, 5.41) is 0. The Morgan fingerprint density at radius 1 is 1.50 bits per heavy atom. The van der Waals surface area contributed by atoms with Gasteiger partial charge < -0.3 is 10.5 Å². The van der Waals surface area contributed by atoms with E-state index in [-0.39, 0.29) is 16.8 Å². The van der Waals surface area contributed by atoms with Crippen LogP contribution in [0.15, 0.2) is 18.2 Å². The van der Waals surface area contributed by atoms with Crippen molar-refractivity contribution in [2.75, 3.05) is 12.8 Å². The number of carbonyl (C=O) groups excluding carboxylic acids is 1. The summed E-state index contributed by atoms with van der Waals surface area (Å²) in [5.41, 5.74) is 6.00. The second kappa shape index (κ2) is 4.71. The lowest BCUT2D eigenvalue weighted by Gasteiger charge is -2.08. The summed E-state index contributed by atoms with van der Waals surface area (Å²) in [5.74, 6) is -1.15. The fourth-order valence-corrected chi connectivity index (χ4v) is 2.24. The molecule has 0 saturated carbocycles. The van der Waals surface area contributed by atoms with Crippen LogP contribution in [0.2, 0.25) is 0 Å². The highest BCUT2D eigenvalue weighted by molar-refractivity contribution is 8.13. The summed E-state index contributed by atoms with van der Waals surface area (Å²) < 4.78 is 26.4. The van der Waals surface area contributed by atoms with Crippen molar-refractivity contribution < 1.29 is 17.9 Å². The Morgan fingerprint density at radius 3 is 2.62 bits per heavy atom. The number of rotatable bonds is 3. The minimum atomic E-state index is -3.75. The van der Waals surface area contributed by atoms with Crippen molar-refractivity contribution in [2.45, 2.75) is 5.75 Å². The monoisotopic (exact) mass is 263 g/mol. The standard InChI is InChI=1S/C9H10ClNO4S/c1-15-9(12)8-6(5-16(10,13)14)3-2-4-7(8)11/h2-4H,5,11H2,1H3. The number of hydrogen-bond donors (Lipinski definition) is 1. The lowest BCUT2D eigenvalue weighted by Crippen LogP contribution is -2.11. The van der Waals surface area contributed by atoms with E-state index >= 15 is 0 Å². The maximum absolute atomic E-state index is 11.4. The first-order chi connectivity index (χ1) is 7.35. The fourth-order valence-electron chi connectivity index (χ4n) is 1.28. The molecule has 2 N–H and O–H groups in total. The molecule has 5 nitrogen and oxygen atoms in total. The van der Waals surface area contributed by atoms with Gasteiger partial charge in [-0.05, 0) is 11.6 Å². The van der Waals surface area contributed by atoms with E-state index in [1.165, 1.54) is 19.2 Å². The Morgan fingerprint density at radius 2 is 2.12 bits per heavy atom. The number of hydrogen-bond acceptors (Lipinski definition) is 5. The van der Waals surface area contributed by atoms with Crippen LogP contribution in [0.1, 0.15) is 15.9 Å². The minimum Gasteiger partial charge on any atom is -0.465 e. The van der Waals surface area contributed by atoms with Crippen LogP contribution in [0.4, 0.5) is 5.69 Å². The third-order valence-electron chi connectivity index (χ3n) is 1.90. The smallest absolute Gasteiger partial charge is 0.340 e. The van der Waals surface area contributed by atoms with E-state index in [1.807, 2.05) is 0 Å². The first kappa shape index (κ1) is 12.8. The first-order valence-corrected chi connectivity index (χ1v) is 6.71. The van der Waals surface area contributed by atoms with Gasteiger partial charge >= 0.3 is 5.97 Å². The zero-order valence-electron chi connectivity index (χ0n) is 8.44. The molecular formula is C9H10ClNO4S. The van der Waals surface area contributed by atoms with Gasteiger partial charge in [-0.25, -0.2) is 13.2 Å². The van der Waals surface area contributed by atoms with Gasteiger partial charge in [-0.2, -0.15) is 0 Å². The van der Waals surface area contributed by atoms with Crippen molar-refractivity contribution in [2.24, 2.45) is 0 Å². The van der Waals surface area contributed by atoms with Crippen molar-refractivity contribution >= 4 is 31.4 Å². The largest absolute Gasteiger partial charge is 0.465 e. The van der Waals surface area contributed by atoms with Crippen LogP contribution < -0.4 is 5.73 Å². The molecule has 0 aliphatic carbocycles. The van der Waals surface area contributed by atoms with E-state index in [0.717, 1.165) is 0 Å². The topological polar surface area (TPSA) is 86.5 Å². The highest BCUT2D eigenvalue weighted by atomic mass is 35.7. The predicted octanol–water partition coefficient (Wildman–Crippen LogP) is 1.12. The normalized spacial score (nSPS) is 11.1. The van der Waals surface area contributed by atoms with Crippen molar-refractivity contribution in [3.05, 3.63) is 29.3 Å². The van der Waals surface area contributed by atoms with Crippen LogP contribution in [0.3, 0.4) is 0 Å². The Bertz CT molecular complexity index is 512. The summed E-state index contributed by atoms with van der Waals surface area (Å²) in [7, 11) is 2.56. The van der Waals surface area contributed by atoms with E-state index < -0.39 is 20.8 Å². The molecule has 7 heteroatoms. The molecule has 0 heterocycles. The van der Waals surface area contributed by atoms with Gasteiger partial charge in [-0.1, -0.05) is 12.1 Å². The maximum atomic E-state index is 11.4. The van der Waals surface area contributed by atoms with E-state index in [9.17, 15) is 13.2 Å². The number of ether oxygens (including phenoxy) is 1. The van der Waals surface area contributed by atoms with Gasteiger partial charge in [-0.15, -0.1) is 0 Å². The molecule has 0 atom stereocenters. The number of nitrogen functional groups attached to an aromatic ring is 1. The minimum absolute atomic E-state index is 0.0363. The van der Waals surface area contributed by atoms with Crippen molar-refractivity contribution in [3.8, 4) is 0 Å². The number of carbonyl (C=O) groups is 1. The molecule has 1 rings (SSSR count). The average Bonchev–Trinajstić information content (AvgIpc) is 2.14. The lowest BCUT2D eigenvalue weighted by atomic mass is 10.1. The molecule has 0 aliphatic heterocycles. The van der Waals surface area contributed by atoms with Crippen LogP contribution in [0.5, 0.6) is 0 Å². The molecule has 0 fully saturated rings. The van der Waals surface area contributed by atoms with Crippen LogP contribution in [-0.4, -0.2) is 21.5 Å². The predicted molar refractivity (Wildman–Crippen MR) is 60.7 cm³/mol. The number of halogens is 1. The molecule has 16 heavy (non-hydrogen) atoms. The van der Waals surface area contributed by atoms with Crippen LogP contribution in [-0.2, 0) is 19.5 Å². The SMILES string of the molecule is COC(=O)c1c(N)cccc1CS(=O)(=O)Cl. The van der Waals surface area contributed by atoms with Gasteiger partial charge in [0, 0.05) is 16.4 Å². The van der Waals surface area contributed by atoms with Crippen LogP contribution in [0, 0.1) is 0 Å². The Balaban J connectivity index is 3.29. The molecule has 0 unspecified atom stereocenters. The number of anilines is 1. The molecule has 0 spiro atoms. The summed E-state index contributed by atoms with van der Waals surface area (Å²) in [6, 6.07) is 4.48. The number of benzene rings is 1. The van der Waals surface area contributed by atoms with E-state index in [2.05, 4.69) is 4.74 Å². The molecule has 0 bridgehead atoms. The highest BCUT2D eigenvalue weighted by Crippen LogP contribution is 2.21. The second-order valence-electron chi connectivity index (χ2n) is 3.06. The fraction of sp³-hybridized carbons (Fsp3) is 0.222. The van der Waals surface area contributed by atoms with Gasteiger partial charge in [0.05, 0.1) is 18.4 Å². The second-order valence-corrected chi connectivity index (χ2v) is 5.83. The van der Waals surface area contributed by atoms with Gasteiger partial charge in [-0.3, -0.25) is 0 Å². The number of esters is 1. The van der Waals surface area contributed by atoms with Gasteiger partial charge in [0.2, 0.25) is 9.05 Å². The van der Waals surface area contributed by atoms with Gasteiger partial charge in [0.15, 0.2) is 0 Å². The molecule has 88 valence electrons. The third kappa shape index (κ3) is 3.11. The molecule has 0 saturated heterocycles. The zero-order chi connectivity index (χ0) is 12.3. The highest BCUT2D eigenvalue weighted by Gasteiger charge is 2.19. The van der Waals surface area contributed by atoms with E-state index in [1.54, 1.807) is 6.07 Å². The van der Waals surface area contributed by atoms with Crippen molar-refractivity contribution in [1.82, 2.24) is 0 Å². The number of nitrogens with two attached hydrogens (primary N) is 1. The maximum Gasteiger partial charge on any atom is 0.340 e. The van der Waals surface area contributed by atoms with Gasteiger partial charge in [0.25, 0.3) is 0 Å². The summed E-state index contributed by atoms with van der Waals surface area (Å²) >= 11 is 0. The molecule has 1 aromatic rings. The molecule has 0 aliphatic rings. The molecule has 0 amide bonds. The number of methoxy groups -OCH3 is 1. The van der Waals surface area contributed by atoms with E-state index in [0.29, 0.717) is 0 Å². The molecule has 1 aromatic carbocycles. The first-order valence-electron chi connectivity index (χ1n) is 4.23. The summed E-state index contributed by atoms with van der Waals surface area (Å²) in [4.78, 5) is 11.4. The Hall–Kier alpha value is -1.27. The van der Waals surface area contributed by atoms with Crippen LogP contribution in [0.25, 0.3) is 0 Å².